The summed E-state index contributed by atoms with van der Waals surface area (Å²) < 4.78 is 6.26. The predicted molar refractivity (Wildman–Crippen MR) is 119 cm³/mol. The molecular formula is C24H32N3O2+. The Morgan fingerprint density at radius 2 is 1.97 bits per heavy atom. The molecule has 2 saturated heterocycles. The minimum absolute atomic E-state index is 0.0989. The van der Waals surface area contributed by atoms with E-state index >= 15 is 0 Å². The van der Waals surface area contributed by atoms with Gasteiger partial charge in [0.1, 0.15) is 17.5 Å². The second-order valence-corrected chi connectivity index (χ2v) is 8.48. The second kappa shape index (κ2) is 8.17. The Morgan fingerprint density at radius 3 is 2.55 bits per heavy atom. The zero-order chi connectivity index (χ0) is 20.4. The maximum absolute atomic E-state index is 12.6. The Morgan fingerprint density at radius 1 is 1.17 bits per heavy atom. The van der Waals surface area contributed by atoms with E-state index in [1.165, 1.54) is 37.1 Å². The number of hydrogen-bond acceptors (Lipinski definition) is 3. The van der Waals surface area contributed by atoms with Gasteiger partial charge in [-0.15, -0.1) is 0 Å². The highest BCUT2D eigenvalue weighted by atomic mass is 16.5. The Kier molecular flexibility index (Phi) is 5.61. The van der Waals surface area contributed by atoms with Gasteiger partial charge in [-0.2, -0.15) is 0 Å². The molecule has 2 aromatic carbocycles. The van der Waals surface area contributed by atoms with Crippen LogP contribution in [-0.4, -0.2) is 44.7 Å². The van der Waals surface area contributed by atoms with Gasteiger partial charge in [-0.25, -0.2) is 0 Å². The molecule has 0 aliphatic carbocycles. The average molecular weight is 395 g/mol. The Bertz CT molecular complexity index is 874. The fourth-order valence-corrected chi connectivity index (χ4v) is 5.37. The van der Waals surface area contributed by atoms with Gasteiger partial charge in [0.15, 0.2) is 0 Å². The predicted octanol–water partition coefficient (Wildman–Crippen LogP) is 4.11. The van der Waals surface area contributed by atoms with E-state index in [1.807, 2.05) is 12.1 Å². The highest BCUT2D eigenvalue weighted by Crippen LogP contribution is 2.41. The molecule has 0 aromatic heterocycles. The molecule has 154 valence electrons. The summed E-state index contributed by atoms with van der Waals surface area (Å²) in [6.07, 6.45) is 3.80. The van der Waals surface area contributed by atoms with Crippen LogP contribution < -0.4 is 19.9 Å². The molecule has 2 heterocycles. The number of anilines is 1. The first-order chi connectivity index (χ1) is 14.0. The maximum Gasteiger partial charge on any atom is 0.255 e. The molecule has 0 radical (unpaired) electrons. The summed E-state index contributed by atoms with van der Waals surface area (Å²) >= 11 is 0. The normalized spacial score (nSPS) is 26.4. The molecule has 4 rings (SSSR count). The van der Waals surface area contributed by atoms with Crippen molar-refractivity contribution in [2.75, 3.05) is 32.1 Å². The molecule has 1 amide bonds. The monoisotopic (exact) mass is 394 g/mol. The summed E-state index contributed by atoms with van der Waals surface area (Å²) in [7, 11) is 1.62. The van der Waals surface area contributed by atoms with Crippen LogP contribution >= 0.6 is 0 Å². The first kappa shape index (κ1) is 19.9. The van der Waals surface area contributed by atoms with E-state index in [0.29, 0.717) is 17.6 Å². The van der Waals surface area contributed by atoms with Crippen LogP contribution in [0, 0.1) is 6.92 Å². The van der Waals surface area contributed by atoms with E-state index in [1.54, 1.807) is 19.2 Å². The number of quaternary nitrogens is 1. The third kappa shape index (κ3) is 3.65. The largest absolute Gasteiger partial charge is 0.497 e. The van der Waals surface area contributed by atoms with Gasteiger partial charge in [-0.1, -0.05) is 0 Å². The third-order valence-corrected chi connectivity index (χ3v) is 6.88. The standard InChI is InChI=1S/C24H31N3O2/c1-17-15-20(26-24(28)19-6-9-22(29-3)10-7-19)8-11-23(17)27(14-4-5-18(27)2)21-12-13-25-16-21/h6-11,15,18,21,25H,4-5,12-14,16H2,1-3H3/p+1. The highest BCUT2D eigenvalue weighted by Gasteiger charge is 2.48. The minimum Gasteiger partial charge on any atom is -0.497 e. The second-order valence-electron chi connectivity index (χ2n) is 8.48. The minimum atomic E-state index is -0.0989. The number of likely N-dealkylation sites (tertiary alicyclic amines) is 1. The first-order valence-corrected chi connectivity index (χ1v) is 10.7. The van der Waals surface area contributed by atoms with Gasteiger partial charge < -0.3 is 15.4 Å². The van der Waals surface area contributed by atoms with Crippen LogP contribution in [0.4, 0.5) is 11.4 Å². The third-order valence-electron chi connectivity index (χ3n) is 6.88. The van der Waals surface area contributed by atoms with Gasteiger partial charge in [0, 0.05) is 55.2 Å². The van der Waals surface area contributed by atoms with Crippen LogP contribution in [0.5, 0.6) is 5.75 Å². The molecule has 2 fully saturated rings. The lowest BCUT2D eigenvalue weighted by Gasteiger charge is -2.44. The van der Waals surface area contributed by atoms with Gasteiger partial charge in [0.25, 0.3) is 5.91 Å². The number of carbonyl (C=O) groups excluding carboxylic acids is 1. The molecule has 3 unspecified atom stereocenters. The van der Waals surface area contributed by atoms with Crippen molar-refractivity contribution >= 4 is 17.3 Å². The van der Waals surface area contributed by atoms with Crippen molar-refractivity contribution in [1.29, 1.82) is 0 Å². The van der Waals surface area contributed by atoms with Crippen molar-refractivity contribution in [1.82, 2.24) is 9.80 Å². The number of nitrogens with zero attached hydrogens (tertiary/aromatic N) is 1. The summed E-state index contributed by atoms with van der Waals surface area (Å²) in [6.45, 7) is 8.02. The summed E-state index contributed by atoms with van der Waals surface area (Å²) in [5.41, 5.74) is 4.16. The van der Waals surface area contributed by atoms with E-state index in [-0.39, 0.29) is 5.91 Å². The number of hydrogen-bond donors (Lipinski definition) is 2. The van der Waals surface area contributed by atoms with Crippen LogP contribution in [-0.2, 0) is 0 Å². The number of nitrogens with one attached hydrogen (secondary N) is 2. The van der Waals surface area contributed by atoms with Gasteiger partial charge in [0.2, 0.25) is 0 Å². The molecule has 29 heavy (non-hydrogen) atoms. The maximum atomic E-state index is 12.6. The van der Waals surface area contributed by atoms with Crippen molar-refractivity contribution in [3.05, 3.63) is 53.6 Å². The number of methoxy groups -OCH3 is 1. The molecule has 5 heteroatoms. The SMILES string of the molecule is COc1ccc(C(=O)Nc2ccc([N+]3(C4CCNC4)CCCC3C)c(C)c2)cc1. The number of aryl methyl sites for hydroxylation is 1. The molecule has 2 aliphatic heterocycles. The summed E-state index contributed by atoms with van der Waals surface area (Å²) in [5, 5.41) is 6.61. The fourth-order valence-electron chi connectivity index (χ4n) is 5.37. The molecule has 2 N–H and O–H groups in total. The fraction of sp³-hybridized carbons (Fsp3) is 0.458. The van der Waals surface area contributed by atoms with Crippen molar-refractivity contribution in [2.45, 2.75) is 45.2 Å². The number of rotatable bonds is 5. The van der Waals surface area contributed by atoms with Gasteiger partial charge in [-0.3, -0.25) is 9.28 Å². The highest BCUT2D eigenvalue weighted by molar-refractivity contribution is 6.04. The zero-order valence-electron chi connectivity index (χ0n) is 17.7. The van der Waals surface area contributed by atoms with Gasteiger partial charge in [0.05, 0.1) is 19.7 Å². The summed E-state index contributed by atoms with van der Waals surface area (Å²) in [5.74, 6) is 0.648. The Hall–Kier alpha value is -2.37. The van der Waals surface area contributed by atoms with Crippen LogP contribution in [0.1, 0.15) is 42.1 Å². The number of benzene rings is 2. The summed E-state index contributed by atoms with van der Waals surface area (Å²) in [4.78, 5) is 12.6. The molecule has 0 spiro atoms. The molecule has 0 bridgehead atoms. The lowest BCUT2D eigenvalue weighted by molar-refractivity contribution is 0.102. The van der Waals surface area contributed by atoms with E-state index < -0.39 is 0 Å². The number of carbonyl (C=O) groups is 1. The van der Waals surface area contributed by atoms with Crippen LogP contribution in [0.25, 0.3) is 0 Å². The van der Waals surface area contributed by atoms with E-state index in [9.17, 15) is 4.79 Å². The molecule has 2 aliphatic rings. The topological polar surface area (TPSA) is 50.4 Å². The molecule has 0 saturated carbocycles. The van der Waals surface area contributed by atoms with Crippen molar-refractivity contribution in [3.8, 4) is 5.75 Å². The average Bonchev–Trinajstić information content (AvgIpc) is 3.39. The smallest absolute Gasteiger partial charge is 0.255 e. The summed E-state index contributed by atoms with van der Waals surface area (Å²) in [6, 6.07) is 14.9. The Balaban J connectivity index is 1.57. The van der Waals surface area contributed by atoms with Crippen LogP contribution in [0.2, 0.25) is 0 Å². The van der Waals surface area contributed by atoms with Crippen molar-refractivity contribution in [2.24, 2.45) is 0 Å². The lowest BCUT2D eigenvalue weighted by Crippen LogP contribution is -2.60. The first-order valence-electron chi connectivity index (χ1n) is 10.7. The van der Waals surface area contributed by atoms with Crippen molar-refractivity contribution in [3.63, 3.8) is 0 Å². The van der Waals surface area contributed by atoms with Crippen LogP contribution in [0.15, 0.2) is 42.5 Å². The number of ether oxygens (including phenoxy) is 1. The number of amides is 1. The van der Waals surface area contributed by atoms with Crippen LogP contribution in [0.3, 0.4) is 0 Å². The lowest BCUT2D eigenvalue weighted by atomic mass is 10.0. The van der Waals surface area contributed by atoms with E-state index in [4.69, 9.17) is 4.74 Å². The molecule has 2 aromatic rings. The van der Waals surface area contributed by atoms with E-state index in [0.717, 1.165) is 29.0 Å². The Labute approximate surface area is 173 Å². The molecule has 5 nitrogen and oxygen atoms in total. The molecular weight excluding hydrogens is 362 g/mol. The van der Waals surface area contributed by atoms with E-state index in [2.05, 4.69) is 42.7 Å². The quantitative estimate of drug-likeness (QED) is 0.751. The zero-order valence-corrected chi connectivity index (χ0v) is 17.7. The van der Waals surface area contributed by atoms with Gasteiger partial charge in [-0.05, 0) is 50.2 Å². The molecule has 3 atom stereocenters. The van der Waals surface area contributed by atoms with Crippen molar-refractivity contribution < 1.29 is 9.53 Å². The van der Waals surface area contributed by atoms with Gasteiger partial charge >= 0.3 is 0 Å².